The van der Waals surface area contributed by atoms with Gasteiger partial charge in [-0.15, -0.1) is 0 Å². The average Bonchev–Trinajstić information content (AvgIpc) is 2.22. The van der Waals surface area contributed by atoms with E-state index in [9.17, 15) is 18.0 Å². The van der Waals surface area contributed by atoms with Crippen LogP contribution < -0.4 is 5.73 Å². The third kappa shape index (κ3) is 3.08. The number of aromatic nitrogens is 1. The molecule has 1 rings (SSSR count). The summed E-state index contributed by atoms with van der Waals surface area (Å²) in [7, 11) is 0. The minimum Gasteiger partial charge on any atom is -0.466 e. The number of carbonyl (C=O) groups is 1. The first-order valence-electron chi connectivity index (χ1n) is 4.83. The third-order valence-electron chi connectivity index (χ3n) is 2.00. The van der Waals surface area contributed by atoms with Gasteiger partial charge in [0, 0.05) is 0 Å². The predicted molar refractivity (Wildman–Crippen MR) is 53.9 cm³/mol. The van der Waals surface area contributed by atoms with Crippen LogP contribution >= 0.6 is 0 Å². The van der Waals surface area contributed by atoms with Crippen LogP contribution in [0, 0.1) is 5.82 Å². The fourth-order valence-corrected chi connectivity index (χ4v) is 1.25. The maximum atomic E-state index is 13.6. The van der Waals surface area contributed by atoms with Gasteiger partial charge in [-0.05, 0) is 6.92 Å². The second kappa shape index (κ2) is 5.51. The van der Waals surface area contributed by atoms with Crippen molar-refractivity contribution < 1.29 is 22.7 Å². The Morgan fingerprint density at radius 3 is 2.76 bits per heavy atom. The Morgan fingerprint density at radius 1 is 1.59 bits per heavy atom. The van der Waals surface area contributed by atoms with Crippen molar-refractivity contribution in [3.8, 4) is 0 Å². The Labute approximate surface area is 95.6 Å². The summed E-state index contributed by atoms with van der Waals surface area (Å²) in [5.74, 6) is -1.99. The van der Waals surface area contributed by atoms with Crippen LogP contribution in [0.25, 0.3) is 0 Å². The molecular weight excluding hydrogens is 237 g/mol. The summed E-state index contributed by atoms with van der Waals surface area (Å²) in [6, 6.07) is 0. The van der Waals surface area contributed by atoms with Crippen molar-refractivity contribution in [3.63, 3.8) is 0 Å². The van der Waals surface area contributed by atoms with E-state index in [0.29, 0.717) is 0 Å². The normalized spacial score (nSPS) is 10.6. The van der Waals surface area contributed by atoms with Gasteiger partial charge < -0.3 is 10.5 Å². The van der Waals surface area contributed by atoms with Gasteiger partial charge in [0.05, 0.1) is 36.2 Å². The van der Waals surface area contributed by atoms with Gasteiger partial charge in [0.1, 0.15) is 0 Å². The highest BCUT2D eigenvalue weighted by Gasteiger charge is 2.22. The van der Waals surface area contributed by atoms with Gasteiger partial charge in [-0.3, -0.25) is 9.78 Å². The fourth-order valence-electron chi connectivity index (χ4n) is 1.25. The number of nitrogens with zero attached hydrogens (tertiary/aromatic N) is 1. The fraction of sp³-hybridized carbons (Fsp3) is 0.400. The van der Waals surface area contributed by atoms with Crippen LogP contribution in [0.15, 0.2) is 6.20 Å². The highest BCUT2D eigenvalue weighted by atomic mass is 19.3. The Hall–Kier alpha value is -1.79. The molecule has 0 aliphatic rings. The summed E-state index contributed by atoms with van der Waals surface area (Å²) >= 11 is 0. The minimum atomic E-state index is -3.06. The molecule has 0 aliphatic heterocycles. The van der Waals surface area contributed by atoms with E-state index in [-0.39, 0.29) is 6.61 Å². The Bertz CT molecular complexity index is 424. The lowest BCUT2D eigenvalue weighted by molar-refractivity contribution is -0.142. The van der Waals surface area contributed by atoms with E-state index in [0.717, 1.165) is 6.20 Å². The number of esters is 1. The van der Waals surface area contributed by atoms with Crippen LogP contribution in [0.1, 0.15) is 24.6 Å². The smallest absolute Gasteiger partial charge is 0.311 e. The lowest BCUT2D eigenvalue weighted by Crippen LogP contribution is -2.12. The van der Waals surface area contributed by atoms with Crippen LogP contribution in [0.4, 0.5) is 18.9 Å². The molecular formula is C10H11F3N2O2. The molecule has 0 aliphatic carbocycles. The number of hydrogen-bond donors (Lipinski definition) is 1. The van der Waals surface area contributed by atoms with Crippen molar-refractivity contribution in [1.29, 1.82) is 0 Å². The molecule has 4 nitrogen and oxygen atoms in total. The molecule has 0 bridgehead atoms. The Morgan fingerprint density at radius 2 is 2.24 bits per heavy atom. The summed E-state index contributed by atoms with van der Waals surface area (Å²) in [6.07, 6.45) is -2.65. The topological polar surface area (TPSA) is 65.2 Å². The summed E-state index contributed by atoms with van der Waals surface area (Å²) in [5, 5.41) is 0. The third-order valence-corrected chi connectivity index (χ3v) is 2.00. The van der Waals surface area contributed by atoms with E-state index in [1.807, 2.05) is 0 Å². The monoisotopic (exact) mass is 248 g/mol. The largest absolute Gasteiger partial charge is 0.466 e. The first-order chi connectivity index (χ1) is 7.97. The summed E-state index contributed by atoms with van der Waals surface area (Å²) in [5.41, 5.74) is 3.42. The molecule has 1 aromatic rings. The van der Waals surface area contributed by atoms with Crippen molar-refractivity contribution >= 4 is 11.7 Å². The summed E-state index contributed by atoms with van der Waals surface area (Å²) < 4.78 is 43.1. The van der Waals surface area contributed by atoms with Gasteiger partial charge >= 0.3 is 5.97 Å². The van der Waals surface area contributed by atoms with Crippen LogP contribution in [-0.2, 0) is 16.0 Å². The molecule has 7 heteroatoms. The first kappa shape index (κ1) is 13.3. The summed E-state index contributed by atoms with van der Waals surface area (Å²) in [6.45, 7) is 1.70. The van der Waals surface area contributed by atoms with E-state index in [2.05, 4.69) is 9.72 Å². The lowest BCUT2D eigenvalue weighted by Gasteiger charge is -2.09. The van der Waals surface area contributed by atoms with Crippen molar-refractivity contribution in [2.45, 2.75) is 19.8 Å². The van der Waals surface area contributed by atoms with Crippen molar-refractivity contribution in [2.75, 3.05) is 12.3 Å². The van der Waals surface area contributed by atoms with Gasteiger partial charge in [-0.1, -0.05) is 0 Å². The van der Waals surface area contributed by atoms with Crippen LogP contribution in [0.2, 0.25) is 0 Å². The van der Waals surface area contributed by atoms with Crippen molar-refractivity contribution in [3.05, 3.63) is 23.3 Å². The summed E-state index contributed by atoms with van der Waals surface area (Å²) in [4.78, 5) is 14.6. The molecule has 2 N–H and O–H groups in total. The number of rotatable bonds is 4. The van der Waals surface area contributed by atoms with E-state index in [4.69, 9.17) is 5.73 Å². The number of pyridine rings is 1. The number of anilines is 1. The van der Waals surface area contributed by atoms with Crippen molar-refractivity contribution in [2.24, 2.45) is 0 Å². The maximum Gasteiger partial charge on any atom is 0.311 e. The van der Waals surface area contributed by atoms with Crippen LogP contribution in [0.3, 0.4) is 0 Å². The second-order valence-corrected chi connectivity index (χ2v) is 3.17. The van der Waals surface area contributed by atoms with Gasteiger partial charge in [-0.25, -0.2) is 13.2 Å². The highest BCUT2D eigenvalue weighted by Crippen LogP contribution is 2.28. The molecule has 0 atom stereocenters. The van der Waals surface area contributed by atoms with Gasteiger partial charge in [-0.2, -0.15) is 0 Å². The molecule has 0 fully saturated rings. The number of nitrogens with two attached hydrogens (primary N) is 1. The zero-order valence-electron chi connectivity index (χ0n) is 9.04. The zero-order chi connectivity index (χ0) is 13.0. The quantitative estimate of drug-likeness (QED) is 0.826. The molecule has 0 saturated heterocycles. The molecule has 0 saturated carbocycles. The van der Waals surface area contributed by atoms with E-state index in [1.165, 1.54) is 0 Å². The average molecular weight is 248 g/mol. The van der Waals surface area contributed by atoms with E-state index < -0.39 is 41.6 Å². The first-order valence-corrected chi connectivity index (χ1v) is 4.83. The maximum absolute atomic E-state index is 13.6. The van der Waals surface area contributed by atoms with Crippen LogP contribution in [-0.4, -0.2) is 17.6 Å². The van der Waals surface area contributed by atoms with E-state index in [1.54, 1.807) is 6.92 Å². The molecule has 94 valence electrons. The number of nitrogen functional groups attached to an aromatic ring is 1. The minimum absolute atomic E-state index is 0.122. The molecule has 17 heavy (non-hydrogen) atoms. The Kier molecular flexibility index (Phi) is 4.30. The second-order valence-electron chi connectivity index (χ2n) is 3.17. The van der Waals surface area contributed by atoms with Gasteiger partial charge in [0.2, 0.25) is 0 Å². The number of halogens is 3. The zero-order valence-corrected chi connectivity index (χ0v) is 9.04. The predicted octanol–water partition coefficient (Wildman–Crippen LogP) is 1.85. The number of ether oxygens (including phenoxy) is 1. The number of alkyl halides is 2. The van der Waals surface area contributed by atoms with Gasteiger partial charge in [0.25, 0.3) is 6.43 Å². The van der Waals surface area contributed by atoms with Gasteiger partial charge in [0.15, 0.2) is 5.82 Å². The molecule has 0 radical (unpaired) electrons. The van der Waals surface area contributed by atoms with Crippen molar-refractivity contribution in [1.82, 2.24) is 4.98 Å². The number of hydrogen-bond acceptors (Lipinski definition) is 4. The Balaban J connectivity index is 3.02. The molecule has 1 heterocycles. The van der Waals surface area contributed by atoms with Crippen LogP contribution in [0.5, 0.6) is 0 Å². The number of carbonyl (C=O) groups excluding carboxylic acids is 1. The standard InChI is InChI=1S/C10H11F3N2O2/c1-2-17-7(16)3-6-9(11)8(10(12)13)5(14)4-15-6/h4,10H,2-3,14H2,1H3. The molecule has 0 aromatic carbocycles. The molecule has 0 spiro atoms. The van der Waals surface area contributed by atoms with E-state index >= 15 is 0 Å². The SMILES string of the molecule is CCOC(=O)Cc1ncc(N)c(C(F)F)c1F. The highest BCUT2D eigenvalue weighted by molar-refractivity contribution is 5.72. The molecule has 0 amide bonds. The molecule has 1 aromatic heterocycles. The lowest BCUT2D eigenvalue weighted by atomic mass is 10.1. The molecule has 0 unspecified atom stereocenters.